The molecule has 0 amide bonds. The lowest BCUT2D eigenvalue weighted by atomic mass is 10.0. The van der Waals surface area contributed by atoms with E-state index in [-0.39, 0.29) is 5.05 Å². The third-order valence-corrected chi connectivity index (χ3v) is 4.50. The van der Waals surface area contributed by atoms with E-state index in [0.29, 0.717) is 29.3 Å². The SMILES string of the molecule is CCc1cc(C(F)(F)F)ccc1C(=S)Oc1[nH]nc(C2CC2)c1C. The third kappa shape index (κ3) is 3.31. The average Bonchev–Trinajstić information content (AvgIpc) is 3.31. The monoisotopic (exact) mass is 354 g/mol. The largest absolute Gasteiger partial charge is 0.427 e. The Balaban J connectivity index is 1.84. The van der Waals surface area contributed by atoms with E-state index >= 15 is 0 Å². The molecule has 1 fully saturated rings. The van der Waals surface area contributed by atoms with E-state index in [2.05, 4.69) is 10.2 Å². The Bertz CT molecular complexity index is 779. The smallest absolute Gasteiger partial charge is 0.416 e. The van der Waals surface area contributed by atoms with E-state index in [9.17, 15) is 13.2 Å². The first-order valence-electron chi connectivity index (χ1n) is 7.78. The number of aryl methyl sites for hydroxylation is 1. The number of rotatable bonds is 4. The van der Waals surface area contributed by atoms with Gasteiger partial charge in [-0.15, -0.1) is 0 Å². The number of halogens is 3. The quantitative estimate of drug-likeness (QED) is 0.791. The van der Waals surface area contributed by atoms with Crippen molar-refractivity contribution < 1.29 is 17.9 Å². The summed E-state index contributed by atoms with van der Waals surface area (Å²) in [5.74, 6) is 0.938. The van der Waals surface area contributed by atoms with Crippen LogP contribution in [-0.4, -0.2) is 15.2 Å². The Morgan fingerprint density at radius 2 is 2.08 bits per heavy atom. The van der Waals surface area contributed by atoms with Gasteiger partial charge in [-0.25, -0.2) is 5.10 Å². The minimum absolute atomic E-state index is 0.148. The Kier molecular flexibility index (Phi) is 4.38. The van der Waals surface area contributed by atoms with Crippen LogP contribution in [0.15, 0.2) is 18.2 Å². The maximum Gasteiger partial charge on any atom is 0.416 e. The van der Waals surface area contributed by atoms with Crippen molar-refractivity contribution in [2.45, 2.75) is 45.2 Å². The lowest BCUT2D eigenvalue weighted by Gasteiger charge is -2.13. The molecule has 1 aliphatic rings. The van der Waals surface area contributed by atoms with Crippen molar-refractivity contribution in [2.75, 3.05) is 0 Å². The first kappa shape index (κ1) is 17.0. The summed E-state index contributed by atoms with van der Waals surface area (Å²) in [5, 5.41) is 7.23. The highest BCUT2D eigenvalue weighted by Crippen LogP contribution is 2.42. The summed E-state index contributed by atoms with van der Waals surface area (Å²) in [6.45, 7) is 3.69. The molecule has 0 saturated heterocycles. The van der Waals surface area contributed by atoms with Gasteiger partial charge in [0.25, 0.3) is 0 Å². The Labute approximate surface area is 143 Å². The van der Waals surface area contributed by atoms with Gasteiger partial charge in [-0.1, -0.05) is 6.92 Å². The summed E-state index contributed by atoms with van der Waals surface area (Å²) < 4.78 is 44.2. The van der Waals surface area contributed by atoms with Crippen LogP contribution >= 0.6 is 12.2 Å². The van der Waals surface area contributed by atoms with Crippen LogP contribution in [-0.2, 0) is 12.6 Å². The van der Waals surface area contributed by atoms with Crippen molar-refractivity contribution in [3.8, 4) is 5.88 Å². The normalized spacial score (nSPS) is 14.7. The van der Waals surface area contributed by atoms with Gasteiger partial charge >= 0.3 is 6.18 Å². The Hall–Kier alpha value is -1.89. The minimum atomic E-state index is -4.37. The molecule has 0 unspecified atom stereocenters. The van der Waals surface area contributed by atoms with Crippen LogP contribution in [0.1, 0.15) is 53.6 Å². The van der Waals surface area contributed by atoms with Crippen LogP contribution in [0.25, 0.3) is 0 Å². The number of aromatic nitrogens is 2. The van der Waals surface area contributed by atoms with Crippen LogP contribution in [0.2, 0.25) is 0 Å². The van der Waals surface area contributed by atoms with Crippen LogP contribution < -0.4 is 4.74 Å². The predicted molar refractivity (Wildman–Crippen MR) is 88.4 cm³/mol. The van der Waals surface area contributed by atoms with Gasteiger partial charge in [-0.05, 0) is 62.2 Å². The summed E-state index contributed by atoms with van der Waals surface area (Å²) in [4.78, 5) is 0. The molecule has 24 heavy (non-hydrogen) atoms. The molecule has 0 radical (unpaired) electrons. The number of hydrogen-bond donors (Lipinski definition) is 1. The van der Waals surface area contributed by atoms with Crippen molar-refractivity contribution >= 4 is 17.3 Å². The van der Waals surface area contributed by atoms with E-state index < -0.39 is 11.7 Å². The average molecular weight is 354 g/mol. The van der Waals surface area contributed by atoms with Gasteiger partial charge in [0.1, 0.15) is 0 Å². The Morgan fingerprint density at radius 1 is 1.38 bits per heavy atom. The van der Waals surface area contributed by atoms with E-state index in [1.54, 1.807) is 6.92 Å². The number of benzene rings is 1. The van der Waals surface area contributed by atoms with Gasteiger partial charge in [-0.2, -0.15) is 18.3 Å². The van der Waals surface area contributed by atoms with Gasteiger partial charge in [0.05, 0.1) is 11.3 Å². The topological polar surface area (TPSA) is 37.9 Å². The molecule has 0 atom stereocenters. The molecule has 2 aromatic rings. The van der Waals surface area contributed by atoms with E-state index in [0.717, 1.165) is 36.2 Å². The van der Waals surface area contributed by atoms with Crippen LogP contribution in [0.3, 0.4) is 0 Å². The highest BCUT2D eigenvalue weighted by molar-refractivity contribution is 7.80. The molecule has 1 aromatic carbocycles. The number of ether oxygens (including phenoxy) is 1. The fraction of sp³-hybridized carbons (Fsp3) is 0.412. The maximum absolute atomic E-state index is 12.8. The fourth-order valence-corrected chi connectivity index (χ4v) is 2.94. The molecular formula is C17H17F3N2OS. The lowest BCUT2D eigenvalue weighted by Crippen LogP contribution is -2.13. The van der Waals surface area contributed by atoms with Gasteiger partial charge in [0.15, 0.2) is 5.05 Å². The molecule has 0 bridgehead atoms. The Morgan fingerprint density at radius 3 is 2.67 bits per heavy atom. The molecule has 0 aliphatic heterocycles. The highest BCUT2D eigenvalue weighted by Gasteiger charge is 2.32. The first-order valence-corrected chi connectivity index (χ1v) is 8.19. The van der Waals surface area contributed by atoms with E-state index in [4.69, 9.17) is 17.0 Å². The summed E-state index contributed by atoms with van der Waals surface area (Å²) in [6, 6.07) is 3.53. The van der Waals surface area contributed by atoms with E-state index in [1.165, 1.54) is 6.07 Å². The van der Waals surface area contributed by atoms with Crippen LogP contribution in [0, 0.1) is 6.92 Å². The molecule has 0 spiro atoms. The number of thiocarbonyl (C=S) groups is 1. The van der Waals surface area contributed by atoms with E-state index in [1.807, 2.05) is 6.92 Å². The molecule has 1 heterocycles. The molecule has 1 N–H and O–H groups in total. The molecule has 1 saturated carbocycles. The van der Waals surface area contributed by atoms with Gasteiger partial charge in [-0.3, -0.25) is 0 Å². The zero-order valence-electron chi connectivity index (χ0n) is 13.3. The third-order valence-electron chi connectivity index (χ3n) is 4.19. The van der Waals surface area contributed by atoms with Crippen molar-refractivity contribution in [3.63, 3.8) is 0 Å². The van der Waals surface area contributed by atoms with Crippen molar-refractivity contribution in [2.24, 2.45) is 0 Å². The number of nitrogens with one attached hydrogen (secondary N) is 1. The summed E-state index contributed by atoms with van der Waals surface area (Å²) in [5.41, 5.74) is 2.22. The second kappa shape index (κ2) is 6.20. The van der Waals surface area contributed by atoms with Crippen molar-refractivity contribution in [3.05, 3.63) is 46.1 Å². The fourth-order valence-electron chi connectivity index (χ4n) is 2.66. The molecule has 1 aliphatic carbocycles. The highest BCUT2D eigenvalue weighted by atomic mass is 32.1. The van der Waals surface area contributed by atoms with Crippen molar-refractivity contribution in [1.82, 2.24) is 10.2 Å². The molecule has 1 aromatic heterocycles. The van der Waals surface area contributed by atoms with Gasteiger partial charge < -0.3 is 4.74 Å². The summed E-state index contributed by atoms with van der Waals surface area (Å²) >= 11 is 5.29. The molecule has 3 nitrogen and oxygen atoms in total. The van der Waals surface area contributed by atoms with Crippen LogP contribution in [0.4, 0.5) is 13.2 Å². The maximum atomic E-state index is 12.8. The zero-order chi connectivity index (χ0) is 17.5. The van der Waals surface area contributed by atoms with Crippen LogP contribution in [0.5, 0.6) is 5.88 Å². The predicted octanol–water partition coefficient (Wildman–Crippen LogP) is 4.93. The number of nitrogens with zero attached hydrogens (tertiary/aromatic N) is 1. The first-order chi connectivity index (χ1) is 11.3. The molecular weight excluding hydrogens is 337 g/mol. The standard InChI is InChI=1S/C17H17F3N2OS/c1-3-10-8-12(17(18,19)20)6-7-13(10)16(24)23-15-9(2)14(21-22-15)11-4-5-11/h6-8,11H,3-5H2,1-2H3,(H,21,22). The number of hydrogen-bond acceptors (Lipinski definition) is 3. The number of alkyl halides is 3. The molecule has 128 valence electrons. The lowest BCUT2D eigenvalue weighted by molar-refractivity contribution is -0.137. The van der Waals surface area contributed by atoms with Crippen molar-refractivity contribution in [1.29, 1.82) is 0 Å². The van der Waals surface area contributed by atoms with Gasteiger partial charge in [0, 0.05) is 17.0 Å². The second-order valence-corrected chi connectivity index (χ2v) is 6.32. The zero-order valence-corrected chi connectivity index (χ0v) is 14.1. The van der Waals surface area contributed by atoms with Gasteiger partial charge in [0.2, 0.25) is 5.88 Å². The molecule has 3 rings (SSSR count). The summed E-state index contributed by atoms with van der Waals surface area (Å²) in [6.07, 6.45) is -1.70. The molecule has 7 heteroatoms. The summed E-state index contributed by atoms with van der Waals surface area (Å²) in [7, 11) is 0. The minimum Gasteiger partial charge on any atom is -0.427 e. The number of aromatic amines is 1. The second-order valence-electron chi connectivity index (χ2n) is 5.95. The number of H-pyrrole nitrogens is 1.